The van der Waals surface area contributed by atoms with Crippen LogP contribution in [0.5, 0.6) is 5.75 Å². The van der Waals surface area contributed by atoms with Crippen molar-refractivity contribution < 1.29 is 35.6 Å². The Balaban J connectivity index is 1.95. The highest BCUT2D eigenvalue weighted by atomic mass is 32.2. The highest BCUT2D eigenvalue weighted by Gasteiger charge is 2.32. The van der Waals surface area contributed by atoms with Gasteiger partial charge in [-0.1, -0.05) is 0 Å². The fourth-order valence-corrected chi connectivity index (χ4v) is 2.45. The van der Waals surface area contributed by atoms with Gasteiger partial charge in [-0.2, -0.15) is 8.42 Å². The van der Waals surface area contributed by atoms with Crippen LogP contribution >= 0.6 is 0 Å². The minimum Gasteiger partial charge on any atom is -0.427 e. The zero-order valence-electron chi connectivity index (χ0n) is 9.34. The molecule has 1 saturated heterocycles. The second-order valence-electron chi connectivity index (χ2n) is 3.68. The lowest BCUT2D eigenvalue weighted by Gasteiger charge is -2.09. The minimum atomic E-state index is -3.68. The normalized spacial score (nSPS) is 21.1. The summed E-state index contributed by atoms with van der Waals surface area (Å²) in [5.41, 5.74) is 0. The van der Waals surface area contributed by atoms with E-state index in [1.54, 1.807) is 0 Å². The molecule has 9 heteroatoms. The Morgan fingerprint density at radius 3 is 2.68 bits per heavy atom. The summed E-state index contributed by atoms with van der Waals surface area (Å²) in [4.78, 5) is 11.3. The number of hydrogen-bond donors (Lipinski definition) is 0. The predicted octanol–water partition coefficient (Wildman–Crippen LogP) is 1.21. The Hall–Kier alpha value is -1.74. The highest BCUT2D eigenvalue weighted by Crippen LogP contribution is 2.19. The zero-order chi connectivity index (χ0) is 14.0. The summed E-state index contributed by atoms with van der Waals surface area (Å²) in [6.45, 7) is -0.316. The number of carbonyl (C=O) groups excluding carboxylic acids is 1. The second kappa shape index (κ2) is 5.10. The molecule has 0 amide bonds. The standard InChI is InChI=1S/C10H8F2O6S/c11-6-1-2-9(8(12)3-6)18-10(13)17-7-4-16-19(14,15)5-7/h1-3,7H,4-5H2. The summed E-state index contributed by atoms with van der Waals surface area (Å²) >= 11 is 0. The molecular formula is C10H8F2O6S. The third-order valence-electron chi connectivity index (χ3n) is 2.17. The average Bonchev–Trinajstić information content (AvgIpc) is 2.62. The van der Waals surface area contributed by atoms with Gasteiger partial charge in [0, 0.05) is 6.07 Å². The number of halogens is 2. The summed E-state index contributed by atoms with van der Waals surface area (Å²) in [5, 5.41) is 0. The number of ether oxygens (including phenoxy) is 2. The molecule has 1 aliphatic heterocycles. The molecule has 0 spiro atoms. The first-order valence-electron chi connectivity index (χ1n) is 5.06. The van der Waals surface area contributed by atoms with E-state index in [-0.39, 0.29) is 6.61 Å². The molecule has 0 aromatic heterocycles. The summed E-state index contributed by atoms with van der Waals surface area (Å²) in [5.74, 6) is -2.91. The topological polar surface area (TPSA) is 78.9 Å². The van der Waals surface area contributed by atoms with Gasteiger partial charge in [-0.05, 0) is 12.1 Å². The summed E-state index contributed by atoms with van der Waals surface area (Å²) in [6.07, 6.45) is -2.31. The van der Waals surface area contributed by atoms with E-state index in [0.717, 1.165) is 12.1 Å². The van der Waals surface area contributed by atoms with E-state index in [9.17, 15) is 22.0 Å². The Morgan fingerprint density at radius 1 is 1.37 bits per heavy atom. The van der Waals surface area contributed by atoms with Crippen LogP contribution in [0.4, 0.5) is 13.6 Å². The van der Waals surface area contributed by atoms with Gasteiger partial charge in [0.25, 0.3) is 10.1 Å². The van der Waals surface area contributed by atoms with Crippen LogP contribution in [0.2, 0.25) is 0 Å². The van der Waals surface area contributed by atoms with Crippen LogP contribution in [0.1, 0.15) is 0 Å². The Kier molecular flexibility index (Phi) is 3.67. The fourth-order valence-electron chi connectivity index (χ4n) is 1.38. The van der Waals surface area contributed by atoms with Crippen LogP contribution in [-0.4, -0.2) is 33.0 Å². The van der Waals surface area contributed by atoms with Crippen molar-refractivity contribution in [1.82, 2.24) is 0 Å². The van der Waals surface area contributed by atoms with E-state index in [4.69, 9.17) is 0 Å². The molecule has 2 rings (SSSR count). The molecular weight excluding hydrogens is 286 g/mol. The van der Waals surface area contributed by atoms with Gasteiger partial charge in [-0.25, -0.2) is 13.6 Å². The largest absolute Gasteiger partial charge is 0.514 e. The lowest BCUT2D eigenvalue weighted by atomic mass is 10.3. The molecule has 104 valence electrons. The molecule has 1 fully saturated rings. The molecule has 0 bridgehead atoms. The smallest absolute Gasteiger partial charge is 0.427 e. The molecule has 1 aromatic carbocycles. The molecule has 0 saturated carbocycles. The van der Waals surface area contributed by atoms with Gasteiger partial charge < -0.3 is 9.47 Å². The van der Waals surface area contributed by atoms with Gasteiger partial charge in [0.15, 0.2) is 11.6 Å². The number of benzene rings is 1. The zero-order valence-corrected chi connectivity index (χ0v) is 10.2. The molecule has 19 heavy (non-hydrogen) atoms. The van der Waals surface area contributed by atoms with E-state index in [2.05, 4.69) is 13.7 Å². The van der Waals surface area contributed by atoms with Crippen molar-refractivity contribution in [2.75, 3.05) is 12.4 Å². The minimum absolute atomic E-state index is 0.316. The molecule has 0 radical (unpaired) electrons. The van der Waals surface area contributed by atoms with Gasteiger partial charge in [-0.15, -0.1) is 0 Å². The van der Waals surface area contributed by atoms with E-state index >= 15 is 0 Å². The quantitative estimate of drug-likeness (QED) is 0.463. The summed E-state index contributed by atoms with van der Waals surface area (Å²) in [7, 11) is -3.68. The van der Waals surface area contributed by atoms with Crippen molar-refractivity contribution in [2.24, 2.45) is 0 Å². The van der Waals surface area contributed by atoms with Gasteiger partial charge in [0.1, 0.15) is 24.3 Å². The molecule has 0 aliphatic carbocycles. The van der Waals surface area contributed by atoms with E-state index in [1.165, 1.54) is 0 Å². The van der Waals surface area contributed by atoms with Crippen LogP contribution in [0.3, 0.4) is 0 Å². The van der Waals surface area contributed by atoms with E-state index < -0.39 is 45.5 Å². The molecule has 1 aromatic rings. The van der Waals surface area contributed by atoms with Crippen molar-refractivity contribution in [3.05, 3.63) is 29.8 Å². The van der Waals surface area contributed by atoms with Crippen molar-refractivity contribution in [3.63, 3.8) is 0 Å². The predicted molar refractivity (Wildman–Crippen MR) is 57.0 cm³/mol. The fraction of sp³-hybridized carbons (Fsp3) is 0.300. The Bertz CT molecular complexity index is 600. The first-order valence-corrected chi connectivity index (χ1v) is 6.64. The molecule has 1 atom stereocenters. The number of carbonyl (C=O) groups is 1. The van der Waals surface area contributed by atoms with E-state index in [1.807, 2.05) is 0 Å². The average molecular weight is 294 g/mol. The Morgan fingerprint density at radius 2 is 2.11 bits per heavy atom. The monoisotopic (exact) mass is 294 g/mol. The first kappa shape index (κ1) is 13.7. The van der Waals surface area contributed by atoms with Gasteiger partial charge in [0.2, 0.25) is 0 Å². The van der Waals surface area contributed by atoms with Crippen LogP contribution in [0.25, 0.3) is 0 Å². The summed E-state index contributed by atoms with van der Waals surface area (Å²) < 4.78 is 61.0. The highest BCUT2D eigenvalue weighted by molar-refractivity contribution is 7.87. The maximum absolute atomic E-state index is 13.2. The van der Waals surface area contributed by atoms with Crippen LogP contribution in [-0.2, 0) is 19.0 Å². The van der Waals surface area contributed by atoms with Crippen molar-refractivity contribution >= 4 is 16.3 Å². The SMILES string of the molecule is O=C(Oc1ccc(F)cc1F)OC1COS(=O)(=O)C1. The van der Waals surface area contributed by atoms with E-state index in [0.29, 0.717) is 6.07 Å². The molecule has 6 nitrogen and oxygen atoms in total. The molecule has 1 heterocycles. The second-order valence-corrected chi connectivity index (χ2v) is 5.36. The lowest BCUT2D eigenvalue weighted by Crippen LogP contribution is -2.24. The maximum Gasteiger partial charge on any atom is 0.514 e. The van der Waals surface area contributed by atoms with Crippen molar-refractivity contribution in [2.45, 2.75) is 6.10 Å². The van der Waals surface area contributed by atoms with Crippen LogP contribution < -0.4 is 4.74 Å². The molecule has 0 N–H and O–H groups in total. The maximum atomic E-state index is 13.2. The van der Waals surface area contributed by atoms with Gasteiger partial charge in [0.05, 0.1) is 0 Å². The van der Waals surface area contributed by atoms with Crippen molar-refractivity contribution in [1.29, 1.82) is 0 Å². The third kappa shape index (κ3) is 3.61. The lowest BCUT2D eigenvalue weighted by molar-refractivity contribution is 0.0562. The van der Waals surface area contributed by atoms with Crippen LogP contribution in [0.15, 0.2) is 18.2 Å². The third-order valence-corrected chi connectivity index (χ3v) is 3.45. The van der Waals surface area contributed by atoms with Crippen LogP contribution in [0, 0.1) is 11.6 Å². The van der Waals surface area contributed by atoms with Gasteiger partial charge in [-0.3, -0.25) is 4.18 Å². The Labute approximate surface area is 107 Å². The molecule has 1 aliphatic rings. The van der Waals surface area contributed by atoms with Crippen molar-refractivity contribution in [3.8, 4) is 5.75 Å². The molecule has 1 unspecified atom stereocenters. The first-order chi connectivity index (χ1) is 8.85. The van der Waals surface area contributed by atoms with Gasteiger partial charge >= 0.3 is 6.16 Å². The number of rotatable bonds is 2. The number of hydrogen-bond acceptors (Lipinski definition) is 6. The summed E-state index contributed by atoms with van der Waals surface area (Å²) in [6, 6.07) is 2.34.